The van der Waals surface area contributed by atoms with Gasteiger partial charge < -0.3 is 5.73 Å². The van der Waals surface area contributed by atoms with Crippen LogP contribution in [0.3, 0.4) is 0 Å². The molecule has 4 nitrogen and oxygen atoms in total. The molecule has 0 aromatic rings. The van der Waals surface area contributed by atoms with Crippen molar-refractivity contribution in [2.24, 2.45) is 16.8 Å². The first-order chi connectivity index (χ1) is 6.52. The highest BCUT2D eigenvalue weighted by Crippen LogP contribution is 1.93. The molecule has 0 atom stereocenters. The minimum atomic E-state index is -0.657. The molecule has 0 unspecified atom stereocenters. The van der Waals surface area contributed by atoms with Crippen LogP contribution in [0.4, 0.5) is 4.79 Å². The number of amides is 2. The Kier molecular flexibility index (Phi) is 6.11. The number of hydrogen-bond acceptors (Lipinski definition) is 2. The molecule has 78 valence electrons. The van der Waals surface area contributed by atoms with Crippen LogP contribution in [0, 0.1) is 5.92 Å². The molecule has 0 radical (unpaired) electrons. The van der Waals surface area contributed by atoms with Gasteiger partial charge in [0, 0.05) is 0 Å². The van der Waals surface area contributed by atoms with Crippen molar-refractivity contribution in [3.8, 4) is 0 Å². The quantitative estimate of drug-likeness (QED) is 0.401. The van der Waals surface area contributed by atoms with Gasteiger partial charge in [-0.05, 0) is 18.9 Å². The van der Waals surface area contributed by atoms with E-state index in [9.17, 15) is 4.79 Å². The van der Waals surface area contributed by atoms with Gasteiger partial charge in [0.2, 0.25) is 0 Å². The summed E-state index contributed by atoms with van der Waals surface area (Å²) in [7, 11) is 0. The number of hydrazone groups is 1. The first kappa shape index (κ1) is 12.4. The van der Waals surface area contributed by atoms with E-state index in [4.69, 9.17) is 5.73 Å². The first-order valence-corrected chi connectivity index (χ1v) is 4.47. The monoisotopic (exact) mass is 195 g/mol. The third-order valence-corrected chi connectivity index (χ3v) is 1.29. The Labute approximate surface area is 84.6 Å². The summed E-state index contributed by atoms with van der Waals surface area (Å²) in [4.78, 5) is 10.3. The normalized spacial score (nSPS) is 13.0. The smallest absolute Gasteiger partial charge is 0.332 e. The predicted octanol–water partition coefficient (Wildman–Crippen LogP) is 1.80. The number of carbonyl (C=O) groups excluding carboxylic acids is 1. The van der Waals surface area contributed by atoms with Crippen molar-refractivity contribution in [1.82, 2.24) is 5.43 Å². The highest BCUT2D eigenvalue weighted by molar-refractivity contribution is 5.93. The number of carbonyl (C=O) groups is 1. The van der Waals surface area contributed by atoms with E-state index in [1.807, 2.05) is 12.2 Å². The van der Waals surface area contributed by atoms with Crippen molar-refractivity contribution in [3.05, 3.63) is 24.3 Å². The predicted molar refractivity (Wildman–Crippen MR) is 58.9 cm³/mol. The van der Waals surface area contributed by atoms with Crippen LogP contribution >= 0.6 is 0 Å². The van der Waals surface area contributed by atoms with Crippen LogP contribution in [0.2, 0.25) is 0 Å². The Morgan fingerprint density at radius 3 is 2.57 bits per heavy atom. The van der Waals surface area contributed by atoms with Gasteiger partial charge in [-0.3, -0.25) is 0 Å². The summed E-state index contributed by atoms with van der Waals surface area (Å²) in [6, 6.07) is -0.657. The maximum atomic E-state index is 10.3. The van der Waals surface area contributed by atoms with Crippen LogP contribution in [0.5, 0.6) is 0 Å². The van der Waals surface area contributed by atoms with Crippen LogP contribution in [0.1, 0.15) is 20.8 Å². The van der Waals surface area contributed by atoms with Crippen molar-refractivity contribution in [3.63, 3.8) is 0 Å². The largest absolute Gasteiger partial charge is 0.350 e. The van der Waals surface area contributed by atoms with Gasteiger partial charge in [0.25, 0.3) is 0 Å². The molecule has 2 amide bonds. The van der Waals surface area contributed by atoms with Crippen molar-refractivity contribution >= 4 is 11.7 Å². The Balaban J connectivity index is 3.98. The van der Waals surface area contributed by atoms with Crippen LogP contribution in [-0.2, 0) is 0 Å². The van der Waals surface area contributed by atoms with Crippen LogP contribution in [-0.4, -0.2) is 11.7 Å². The molecule has 0 saturated heterocycles. The molecule has 0 spiro atoms. The number of allylic oxidation sites excluding steroid dienone is 4. The van der Waals surface area contributed by atoms with E-state index in [1.165, 1.54) is 0 Å². The van der Waals surface area contributed by atoms with Crippen LogP contribution in [0.15, 0.2) is 29.4 Å². The number of urea groups is 1. The Morgan fingerprint density at radius 2 is 2.07 bits per heavy atom. The maximum Gasteiger partial charge on any atom is 0.332 e. The molecular weight excluding hydrogens is 178 g/mol. The van der Waals surface area contributed by atoms with E-state index in [0.29, 0.717) is 11.6 Å². The highest BCUT2D eigenvalue weighted by Gasteiger charge is 1.86. The first-order valence-electron chi connectivity index (χ1n) is 4.47. The van der Waals surface area contributed by atoms with Gasteiger partial charge in [-0.1, -0.05) is 32.1 Å². The zero-order valence-corrected chi connectivity index (χ0v) is 8.82. The molecule has 0 heterocycles. The van der Waals surface area contributed by atoms with Gasteiger partial charge in [0.1, 0.15) is 0 Å². The minimum Gasteiger partial charge on any atom is -0.350 e. The number of nitrogens with one attached hydrogen (secondary N) is 1. The third kappa shape index (κ3) is 8.52. The SMILES string of the molecule is CC(C=CC=CC(C)C)=NNC(N)=O. The minimum absolute atomic E-state index is 0.528. The van der Waals surface area contributed by atoms with Crippen molar-refractivity contribution in [1.29, 1.82) is 0 Å². The van der Waals surface area contributed by atoms with E-state index >= 15 is 0 Å². The summed E-state index contributed by atoms with van der Waals surface area (Å²) in [5.41, 5.74) is 7.68. The molecule has 0 rings (SSSR count). The van der Waals surface area contributed by atoms with Gasteiger partial charge in [-0.25, -0.2) is 10.2 Å². The van der Waals surface area contributed by atoms with E-state index in [0.717, 1.165) is 0 Å². The molecule has 0 aliphatic carbocycles. The Bertz CT molecular complexity index is 265. The van der Waals surface area contributed by atoms with Crippen molar-refractivity contribution in [2.75, 3.05) is 0 Å². The molecule has 4 heteroatoms. The number of rotatable bonds is 4. The lowest BCUT2D eigenvalue weighted by Crippen LogP contribution is -2.25. The summed E-state index contributed by atoms with van der Waals surface area (Å²) in [6.07, 6.45) is 7.65. The number of primary amides is 1. The fraction of sp³-hybridized carbons (Fsp3) is 0.400. The molecule has 0 fully saturated rings. The second kappa shape index (κ2) is 6.88. The van der Waals surface area contributed by atoms with Gasteiger partial charge in [-0.2, -0.15) is 5.10 Å². The average molecular weight is 195 g/mol. The number of nitrogens with zero attached hydrogens (tertiary/aromatic N) is 1. The molecule has 0 aliphatic rings. The van der Waals surface area contributed by atoms with Crippen molar-refractivity contribution < 1.29 is 4.79 Å². The lowest BCUT2D eigenvalue weighted by molar-refractivity contribution is 0.249. The van der Waals surface area contributed by atoms with E-state index in [-0.39, 0.29) is 0 Å². The molecular formula is C10H17N3O. The van der Waals surface area contributed by atoms with Crippen molar-refractivity contribution in [2.45, 2.75) is 20.8 Å². The Morgan fingerprint density at radius 1 is 1.43 bits per heavy atom. The van der Waals surface area contributed by atoms with Gasteiger partial charge in [0.05, 0.1) is 5.71 Å². The van der Waals surface area contributed by atoms with E-state index in [2.05, 4.69) is 30.5 Å². The average Bonchev–Trinajstić information content (AvgIpc) is 2.08. The summed E-state index contributed by atoms with van der Waals surface area (Å²) >= 11 is 0. The molecule has 3 N–H and O–H groups in total. The lowest BCUT2D eigenvalue weighted by atomic mass is 10.2. The van der Waals surface area contributed by atoms with E-state index in [1.54, 1.807) is 13.0 Å². The second-order valence-electron chi connectivity index (χ2n) is 3.22. The van der Waals surface area contributed by atoms with Crippen LogP contribution in [0.25, 0.3) is 0 Å². The van der Waals surface area contributed by atoms with Gasteiger partial charge >= 0.3 is 6.03 Å². The van der Waals surface area contributed by atoms with Gasteiger partial charge in [0.15, 0.2) is 0 Å². The van der Waals surface area contributed by atoms with E-state index < -0.39 is 6.03 Å². The summed E-state index contributed by atoms with van der Waals surface area (Å²) in [5.74, 6) is 0.528. The summed E-state index contributed by atoms with van der Waals surface area (Å²) in [6.45, 7) is 5.97. The topological polar surface area (TPSA) is 67.5 Å². The second-order valence-corrected chi connectivity index (χ2v) is 3.22. The standard InChI is InChI=1S/C10H17N3O/c1-8(2)6-4-5-7-9(3)12-13-10(11)14/h4-8H,1-3H3,(H3,11,13,14). The molecule has 0 aromatic heterocycles. The maximum absolute atomic E-state index is 10.3. The zero-order valence-electron chi connectivity index (χ0n) is 8.82. The number of hydrogen-bond donors (Lipinski definition) is 2. The summed E-state index contributed by atoms with van der Waals surface area (Å²) in [5, 5.41) is 3.71. The summed E-state index contributed by atoms with van der Waals surface area (Å²) < 4.78 is 0. The van der Waals surface area contributed by atoms with Crippen LogP contribution < -0.4 is 11.2 Å². The molecule has 14 heavy (non-hydrogen) atoms. The molecule has 0 bridgehead atoms. The fourth-order valence-electron chi connectivity index (χ4n) is 0.662. The fourth-order valence-corrected chi connectivity index (χ4v) is 0.662. The molecule has 0 saturated carbocycles. The lowest BCUT2D eigenvalue weighted by Gasteiger charge is -1.93. The van der Waals surface area contributed by atoms with Gasteiger partial charge in [-0.15, -0.1) is 0 Å². The zero-order chi connectivity index (χ0) is 11.0. The number of nitrogens with two attached hydrogens (primary N) is 1. The Hall–Kier alpha value is -1.58. The molecule has 0 aromatic carbocycles. The highest BCUT2D eigenvalue weighted by atomic mass is 16.2. The third-order valence-electron chi connectivity index (χ3n) is 1.29. The molecule has 0 aliphatic heterocycles.